The van der Waals surface area contributed by atoms with Crippen molar-refractivity contribution >= 4 is 21.8 Å². The first kappa shape index (κ1) is 18.1. The van der Waals surface area contributed by atoms with Crippen molar-refractivity contribution in [2.24, 2.45) is 0 Å². The molecule has 1 saturated heterocycles. The number of sulfone groups is 1. The molecule has 0 spiro atoms. The Labute approximate surface area is 140 Å². The van der Waals surface area contributed by atoms with E-state index in [1.807, 2.05) is 18.2 Å². The Morgan fingerprint density at radius 3 is 2.67 bits per heavy atom. The number of urea groups is 1. The topological polar surface area (TPSA) is 114 Å². The first-order valence-corrected chi connectivity index (χ1v) is 9.35. The van der Waals surface area contributed by atoms with Gasteiger partial charge >= 0.3 is 6.03 Å². The van der Waals surface area contributed by atoms with Gasteiger partial charge in [0.1, 0.15) is 5.75 Å². The van der Waals surface area contributed by atoms with E-state index in [1.165, 1.54) is 0 Å². The second-order valence-corrected chi connectivity index (χ2v) is 7.74. The Morgan fingerprint density at radius 2 is 2.00 bits per heavy atom. The highest BCUT2D eigenvalue weighted by molar-refractivity contribution is 7.91. The number of nitrogens with one attached hydrogen (secondary N) is 3. The standard InChI is InChI=1S/C15H21N3O5S/c1-23-13-5-3-2-4-11(13)8-16-14(19)9-17-15(20)18-12-6-7-24(21,22)10-12/h2-5,12H,6-10H2,1H3,(H,16,19)(H2,17,18,20)/t12-/m1/s1. The van der Waals surface area contributed by atoms with Gasteiger partial charge in [0.05, 0.1) is 25.2 Å². The largest absolute Gasteiger partial charge is 0.496 e. The van der Waals surface area contributed by atoms with Gasteiger partial charge in [0, 0.05) is 18.2 Å². The molecule has 0 saturated carbocycles. The maximum atomic E-state index is 11.8. The predicted molar refractivity (Wildman–Crippen MR) is 88.4 cm³/mol. The van der Waals surface area contributed by atoms with Crippen LogP contribution in [0.3, 0.4) is 0 Å². The number of rotatable bonds is 6. The molecule has 1 aliphatic heterocycles. The number of hydrogen-bond acceptors (Lipinski definition) is 5. The number of carbonyl (C=O) groups is 2. The molecule has 0 radical (unpaired) electrons. The lowest BCUT2D eigenvalue weighted by molar-refractivity contribution is -0.120. The van der Waals surface area contributed by atoms with Crippen LogP contribution in [-0.4, -0.2) is 51.6 Å². The maximum absolute atomic E-state index is 11.8. The zero-order valence-electron chi connectivity index (χ0n) is 13.4. The molecule has 8 nitrogen and oxygen atoms in total. The fraction of sp³-hybridized carbons (Fsp3) is 0.467. The van der Waals surface area contributed by atoms with Crippen LogP contribution in [0.15, 0.2) is 24.3 Å². The SMILES string of the molecule is COc1ccccc1CNC(=O)CNC(=O)N[C@@H]1CCS(=O)(=O)C1. The molecule has 0 bridgehead atoms. The van der Waals surface area contributed by atoms with Gasteiger partial charge < -0.3 is 20.7 Å². The zero-order valence-corrected chi connectivity index (χ0v) is 14.2. The van der Waals surface area contributed by atoms with Crippen molar-refractivity contribution in [2.75, 3.05) is 25.2 Å². The second-order valence-electron chi connectivity index (χ2n) is 5.52. The van der Waals surface area contributed by atoms with E-state index in [2.05, 4.69) is 16.0 Å². The molecule has 9 heteroatoms. The molecule has 0 aliphatic carbocycles. The summed E-state index contributed by atoms with van der Waals surface area (Å²) in [5.74, 6) is 0.346. The summed E-state index contributed by atoms with van der Waals surface area (Å²) in [6.07, 6.45) is 0.399. The van der Waals surface area contributed by atoms with Crippen LogP contribution in [-0.2, 0) is 21.2 Å². The van der Waals surface area contributed by atoms with Gasteiger partial charge in [-0.05, 0) is 12.5 Å². The van der Waals surface area contributed by atoms with E-state index < -0.39 is 21.9 Å². The molecule has 1 aromatic rings. The van der Waals surface area contributed by atoms with E-state index in [9.17, 15) is 18.0 Å². The van der Waals surface area contributed by atoms with E-state index in [4.69, 9.17) is 4.74 Å². The Balaban J connectivity index is 1.70. The molecule has 0 aromatic heterocycles. The van der Waals surface area contributed by atoms with E-state index in [-0.39, 0.29) is 30.5 Å². The smallest absolute Gasteiger partial charge is 0.315 e. The van der Waals surface area contributed by atoms with Crippen molar-refractivity contribution < 1.29 is 22.7 Å². The lowest BCUT2D eigenvalue weighted by Gasteiger charge is -2.12. The Hall–Kier alpha value is -2.29. The summed E-state index contributed by atoms with van der Waals surface area (Å²) >= 11 is 0. The quantitative estimate of drug-likeness (QED) is 0.654. The van der Waals surface area contributed by atoms with E-state index in [0.29, 0.717) is 12.2 Å². The fourth-order valence-electron chi connectivity index (χ4n) is 2.41. The van der Waals surface area contributed by atoms with Crippen LogP contribution >= 0.6 is 0 Å². The molecule has 3 amide bonds. The van der Waals surface area contributed by atoms with Gasteiger partial charge in [-0.25, -0.2) is 13.2 Å². The normalized spacial score (nSPS) is 18.6. The highest BCUT2D eigenvalue weighted by atomic mass is 32.2. The zero-order chi connectivity index (χ0) is 17.6. The van der Waals surface area contributed by atoms with Crippen LogP contribution in [0.25, 0.3) is 0 Å². The maximum Gasteiger partial charge on any atom is 0.315 e. The third-order valence-corrected chi connectivity index (χ3v) is 5.41. The summed E-state index contributed by atoms with van der Waals surface area (Å²) in [7, 11) is -1.50. The van der Waals surface area contributed by atoms with E-state index in [0.717, 1.165) is 5.56 Å². The average molecular weight is 355 g/mol. The number of amides is 3. The summed E-state index contributed by atoms with van der Waals surface area (Å²) < 4.78 is 27.8. The Morgan fingerprint density at radius 1 is 1.25 bits per heavy atom. The van der Waals surface area contributed by atoms with Gasteiger partial charge in [-0.1, -0.05) is 18.2 Å². The lowest BCUT2D eigenvalue weighted by Crippen LogP contribution is -2.46. The summed E-state index contributed by atoms with van der Waals surface area (Å²) in [4.78, 5) is 23.4. The fourth-order valence-corrected chi connectivity index (χ4v) is 4.08. The molecule has 1 atom stereocenters. The number of para-hydroxylation sites is 1. The molecular weight excluding hydrogens is 334 g/mol. The Bertz CT molecular complexity index is 705. The van der Waals surface area contributed by atoms with E-state index >= 15 is 0 Å². The molecule has 1 heterocycles. The highest BCUT2D eigenvalue weighted by Crippen LogP contribution is 2.16. The van der Waals surface area contributed by atoms with Gasteiger partial charge in [-0.2, -0.15) is 0 Å². The summed E-state index contributed by atoms with van der Waals surface area (Å²) in [6, 6.07) is 6.35. The minimum Gasteiger partial charge on any atom is -0.496 e. The number of methoxy groups -OCH3 is 1. The molecule has 24 heavy (non-hydrogen) atoms. The number of hydrogen-bond donors (Lipinski definition) is 3. The van der Waals surface area contributed by atoms with E-state index in [1.54, 1.807) is 13.2 Å². The van der Waals surface area contributed by atoms with Crippen molar-refractivity contribution in [1.82, 2.24) is 16.0 Å². The van der Waals surface area contributed by atoms with Crippen LogP contribution in [0.5, 0.6) is 5.75 Å². The molecule has 132 valence electrons. The number of ether oxygens (including phenoxy) is 1. The highest BCUT2D eigenvalue weighted by Gasteiger charge is 2.28. The molecular formula is C15H21N3O5S. The third-order valence-electron chi connectivity index (χ3n) is 3.65. The lowest BCUT2D eigenvalue weighted by atomic mass is 10.2. The number of carbonyl (C=O) groups excluding carboxylic acids is 2. The van der Waals surface area contributed by atoms with Crippen molar-refractivity contribution in [3.05, 3.63) is 29.8 Å². The molecule has 1 fully saturated rings. The van der Waals surface area contributed by atoms with Crippen LogP contribution < -0.4 is 20.7 Å². The Kier molecular flexibility index (Phi) is 6.02. The third kappa shape index (κ3) is 5.41. The van der Waals surface area contributed by atoms with Crippen molar-refractivity contribution in [1.29, 1.82) is 0 Å². The summed E-state index contributed by atoms with van der Waals surface area (Å²) in [6.45, 7) is 0.0907. The van der Waals surface area contributed by atoms with Crippen LogP contribution in [0.4, 0.5) is 4.79 Å². The van der Waals surface area contributed by atoms with Gasteiger partial charge in [0.15, 0.2) is 9.84 Å². The predicted octanol–water partition coefficient (Wildman–Crippen LogP) is -0.202. The van der Waals surface area contributed by atoms with Gasteiger partial charge in [0.2, 0.25) is 5.91 Å². The molecule has 1 aromatic carbocycles. The minimum atomic E-state index is -3.05. The first-order valence-electron chi connectivity index (χ1n) is 7.53. The molecule has 0 unspecified atom stereocenters. The number of benzene rings is 1. The summed E-state index contributed by atoms with van der Waals surface area (Å²) in [5.41, 5.74) is 0.828. The van der Waals surface area contributed by atoms with Gasteiger partial charge in [-0.15, -0.1) is 0 Å². The van der Waals surface area contributed by atoms with Crippen molar-refractivity contribution in [3.63, 3.8) is 0 Å². The van der Waals surface area contributed by atoms with Crippen LogP contribution in [0, 0.1) is 0 Å². The average Bonchev–Trinajstić information content (AvgIpc) is 2.89. The molecule has 1 aliphatic rings. The first-order chi connectivity index (χ1) is 11.4. The van der Waals surface area contributed by atoms with Crippen molar-refractivity contribution in [3.8, 4) is 5.75 Å². The monoisotopic (exact) mass is 355 g/mol. The summed E-state index contributed by atoms with van der Waals surface area (Å²) in [5, 5.41) is 7.64. The molecule has 2 rings (SSSR count). The van der Waals surface area contributed by atoms with Crippen molar-refractivity contribution in [2.45, 2.75) is 19.0 Å². The van der Waals surface area contributed by atoms with Crippen LogP contribution in [0.2, 0.25) is 0 Å². The molecule has 3 N–H and O–H groups in total. The van der Waals surface area contributed by atoms with Crippen LogP contribution in [0.1, 0.15) is 12.0 Å². The van der Waals surface area contributed by atoms with Gasteiger partial charge in [-0.3, -0.25) is 4.79 Å². The second kappa shape index (κ2) is 8.00. The minimum absolute atomic E-state index is 0.0551. The van der Waals surface area contributed by atoms with Gasteiger partial charge in [0.25, 0.3) is 0 Å².